The molecule has 1 fully saturated rings. The molecule has 176 valence electrons. The van der Waals surface area contributed by atoms with E-state index in [4.69, 9.17) is 11.6 Å². The van der Waals surface area contributed by atoms with E-state index < -0.39 is 0 Å². The molecule has 2 aliphatic heterocycles. The summed E-state index contributed by atoms with van der Waals surface area (Å²) in [5, 5.41) is 0.747. The molecule has 5 nitrogen and oxygen atoms in total. The number of piperazine rings is 1. The minimum Gasteiger partial charge on any atom is -0.348 e. The van der Waals surface area contributed by atoms with Gasteiger partial charge in [0.25, 0.3) is 0 Å². The zero-order valence-corrected chi connectivity index (χ0v) is 20.1. The summed E-state index contributed by atoms with van der Waals surface area (Å²) in [4.78, 5) is 20.0. The summed E-state index contributed by atoms with van der Waals surface area (Å²) in [6.45, 7) is 6.40. The number of aromatic nitrogens is 1. The SMILES string of the molecule is O=C(CN1CCn2cccc2C1c1ccccc1Cl)N1CCN(C/C=C/c2ccccc2)CC1. The second kappa shape index (κ2) is 10.6. The fourth-order valence-electron chi connectivity index (χ4n) is 5.01. The van der Waals surface area contributed by atoms with Crippen molar-refractivity contribution in [3.63, 3.8) is 0 Å². The number of nitrogens with zero attached hydrogens (tertiary/aromatic N) is 4. The third-order valence-corrected chi connectivity index (χ3v) is 7.22. The minimum absolute atomic E-state index is 0.00851. The number of carbonyl (C=O) groups is 1. The molecule has 3 heterocycles. The average Bonchev–Trinajstić information content (AvgIpc) is 3.35. The van der Waals surface area contributed by atoms with Crippen molar-refractivity contribution in [3.8, 4) is 0 Å². The molecule has 2 aliphatic rings. The van der Waals surface area contributed by atoms with E-state index in [1.165, 1.54) is 11.3 Å². The van der Waals surface area contributed by atoms with Crippen molar-refractivity contribution < 1.29 is 4.79 Å². The van der Waals surface area contributed by atoms with Crippen LogP contribution in [0.4, 0.5) is 0 Å². The van der Waals surface area contributed by atoms with E-state index in [9.17, 15) is 4.79 Å². The van der Waals surface area contributed by atoms with Crippen LogP contribution in [-0.4, -0.2) is 71.0 Å². The zero-order valence-electron chi connectivity index (χ0n) is 19.4. The van der Waals surface area contributed by atoms with Gasteiger partial charge in [0.05, 0.1) is 12.6 Å². The van der Waals surface area contributed by atoms with E-state index in [2.05, 4.69) is 75.2 Å². The summed E-state index contributed by atoms with van der Waals surface area (Å²) in [6, 6.07) is 22.6. The molecular weight excluding hydrogens is 444 g/mol. The molecule has 1 saturated heterocycles. The summed E-state index contributed by atoms with van der Waals surface area (Å²) >= 11 is 6.60. The van der Waals surface area contributed by atoms with Gasteiger partial charge in [-0.1, -0.05) is 72.3 Å². The Morgan fingerprint density at radius 1 is 0.882 bits per heavy atom. The standard InChI is InChI=1S/C28H31ClN4O/c29-25-12-5-4-11-24(25)28-26-13-7-15-31(26)20-21-33(28)22-27(34)32-18-16-30(17-19-32)14-6-10-23-8-2-1-3-9-23/h1-13,15,28H,14,16-22H2/b10-6+. The lowest BCUT2D eigenvalue weighted by Crippen LogP contribution is -2.52. The molecule has 0 spiro atoms. The number of carbonyl (C=O) groups excluding carboxylic acids is 1. The van der Waals surface area contributed by atoms with Crippen LogP contribution in [0.5, 0.6) is 0 Å². The maximum Gasteiger partial charge on any atom is 0.236 e. The van der Waals surface area contributed by atoms with Crippen LogP contribution in [0.3, 0.4) is 0 Å². The second-order valence-corrected chi connectivity index (χ2v) is 9.42. The number of benzene rings is 2. The van der Waals surface area contributed by atoms with Gasteiger partial charge >= 0.3 is 0 Å². The van der Waals surface area contributed by atoms with Crippen LogP contribution in [0.25, 0.3) is 6.08 Å². The predicted molar refractivity (Wildman–Crippen MR) is 138 cm³/mol. The highest BCUT2D eigenvalue weighted by Gasteiger charge is 2.32. The fraction of sp³-hybridized carbons (Fsp3) is 0.321. The van der Waals surface area contributed by atoms with Crippen molar-refractivity contribution in [3.05, 3.63) is 101 Å². The van der Waals surface area contributed by atoms with Gasteiger partial charge in [0.15, 0.2) is 0 Å². The summed E-state index contributed by atoms with van der Waals surface area (Å²) in [5.74, 6) is 0.205. The van der Waals surface area contributed by atoms with Crippen molar-refractivity contribution in [2.75, 3.05) is 45.8 Å². The second-order valence-electron chi connectivity index (χ2n) is 9.02. The van der Waals surface area contributed by atoms with Gasteiger partial charge in [0, 0.05) is 62.7 Å². The van der Waals surface area contributed by atoms with Gasteiger partial charge in [-0.15, -0.1) is 0 Å². The lowest BCUT2D eigenvalue weighted by molar-refractivity contribution is -0.134. The Balaban J connectivity index is 1.20. The number of hydrogen-bond donors (Lipinski definition) is 0. The molecule has 0 aliphatic carbocycles. The van der Waals surface area contributed by atoms with Gasteiger partial charge in [-0.25, -0.2) is 0 Å². The van der Waals surface area contributed by atoms with E-state index in [1.807, 2.05) is 29.2 Å². The van der Waals surface area contributed by atoms with E-state index in [0.29, 0.717) is 6.54 Å². The quantitative estimate of drug-likeness (QED) is 0.530. The molecule has 0 bridgehead atoms. The summed E-state index contributed by atoms with van der Waals surface area (Å²) in [5.41, 5.74) is 3.48. The summed E-state index contributed by atoms with van der Waals surface area (Å²) in [7, 11) is 0. The van der Waals surface area contributed by atoms with Crippen molar-refractivity contribution in [1.29, 1.82) is 0 Å². The van der Waals surface area contributed by atoms with E-state index >= 15 is 0 Å². The molecular formula is C28H31ClN4O. The van der Waals surface area contributed by atoms with Crippen LogP contribution in [0.2, 0.25) is 5.02 Å². The normalized spacial score (nSPS) is 19.4. The molecule has 1 unspecified atom stereocenters. The smallest absolute Gasteiger partial charge is 0.236 e. The third-order valence-electron chi connectivity index (χ3n) is 6.87. The van der Waals surface area contributed by atoms with Crippen molar-refractivity contribution >= 4 is 23.6 Å². The van der Waals surface area contributed by atoms with Gasteiger partial charge in [-0.3, -0.25) is 14.6 Å². The molecule has 2 aromatic carbocycles. The molecule has 0 radical (unpaired) electrons. The first-order valence-corrected chi connectivity index (χ1v) is 12.4. The van der Waals surface area contributed by atoms with Gasteiger partial charge in [0.2, 0.25) is 5.91 Å². The topological polar surface area (TPSA) is 31.7 Å². The monoisotopic (exact) mass is 474 g/mol. The lowest BCUT2D eigenvalue weighted by atomic mass is 9.99. The van der Waals surface area contributed by atoms with Crippen molar-refractivity contribution in [2.45, 2.75) is 12.6 Å². The Kier molecular flexibility index (Phi) is 7.14. The molecule has 6 heteroatoms. The van der Waals surface area contributed by atoms with Crippen molar-refractivity contribution in [2.24, 2.45) is 0 Å². The maximum atomic E-state index is 13.3. The molecule has 5 rings (SSSR count). The van der Waals surface area contributed by atoms with Crippen LogP contribution >= 0.6 is 11.6 Å². The van der Waals surface area contributed by atoms with Gasteiger partial charge in [-0.2, -0.15) is 0 Å². The third kappa shape index (κ3) is 5.12. The van der Waals surface area contributed by atoms with E-state index in [1.54, 1.807) is 0 Å². The molecule has 1 amide bonds. The molecule has 1 atom stereocenters. The lowest BCUT2D eigenvalue weighted by Gasteiger charge is -2.39. The maximum absolute atomic E-state index is 13.3. The number of fused-ring (bicyclic) bond motifs is 1. The number of amides is 1. The van der Waals surface area contributed by atoms with E-state index in [0.717, 1.165) is 56.4 Å². The van der Waals surface area contributed by atoms with Crippen LogP contribution in [-0.2, 0) is 11.3 Å². The average molecular weight is 475 g/mol. The summed E-state index contributed by atoms with van der Waals surface area (Å²) < 4.78 is 2.27. The first kappa shape index (κ1) is 22.9. The highest BCUT2D eigenvalue weighted by molar-refractivity contribution is 6.31. The Hall–Kier alpha value is -2.86. The molecule has 0 saturated carbocycles. The Bertz CT molecular complexity index is 1130. The molecule has 34 heavy (non-hydrogen) atoms. The number of halogens is 1. The van der Waals surface area contributed by atoms with Crippen LogP contribution < -0.4 is 0 Å². The molecule has 1 aromatic heterocycles. The van der Waals surface area contributed by atoms with Gasteiger partial charge < -0.3 is 9.47 Å². The Morgan fingerprint density at radius 3 is 2.44 bits per heavy atom. The highest BCUT2D eigenvalue weighted by Crippen LogP contribution is 2.35. The van der Waals surface area contributed by atoms with E-state index in [-0.39, 0.29) is 11.9 Å². The van der Waals surface area contributed by atoms with Gasteiger partial charge in [0.1, 0.15) is 0 Å². The van der Waals surface area contributed by atoms with Crippen LogP contribution in [0.15, 0.2) is 79.0 Å². The summed E-state index contributed by atoms with van der Waals surface area (Å²) in [6.07, 6.45) is 6.49. The Labute approximate surface area is 206 Å². The number of hydrogen-bond acceptors (Lipinski definition) is 3. The molecule has 0 N–H and O–H groups in total. The predicted octanol–water partition coefficient (Wildman–Crippen LogP) is 4.40. The Morgan fingerprint density at radius 2 is 1.65 bits per heavy atom. The highest BCUT2D eigenvalue weighted by atomic mass is 35.5. The van der Waals surface area contributed by atoms with Crippen molar-refractivity contribution in [1.82, 2.24) is 19.3 Å². The molecule has 3 aromatic rings. The largest absolute Gasteiger partial charge is 0.348 e. The zero-order chi connectivity index (χ0) is 23.3. The van der Waals surface area contributed by atoms with Crippen LogP contribution in [0, 0.1) is 0 Å². The van der Waals surface area contributed by atoms with Crippen LogP contribution in [0.1, 0.15) is 22.9 Å². The van der Waals surface area contributed by atoms with Gasteiger partial charge in [-0.05, 0) is 29.3 Å². The number of rotatable bonds is 6. The minimum atomic E-state index is -0.00851. The first-order chi connectivity index (χ1) is 16.7. The first-order valence-electron chi connectivity index (χ1n) is 12.0. The fourth-order valence-corrected chi connectivity index (χ4v) is 5.25.